The highest BCUT2D eigenvalue weighted by Crippen LogP contribution is 2.29. The minimum atomic E-state index is -4.44. The van der Waals surface area contributed by atoms with Gasteiger partial charge in [0.05, 0.1) is 25.5 Å². The van der Waals surface area contributed by atoms with Gasteiger partial charge in [0.15, 0.2) is 5.69 Å². The van der Waals surface area contributed by atoms with E-state index in [1.807, 2.05) is 0 Å². The van der Waals surface area contributed by atoms with Crippen LogP contribution in [0.3, 0.4) is 0 Å². The molecular weight excluding hydrogens is 275 g/mol. The standard InChI is InChI=1S/C11H14F3N5O/c1-18-6-8(10(17-18)20-3)15-5-7-4-9(11(12,13)14)16-19(7)2/h4,6,15H,5H2,1-3H3. The van der Waals surface area contributed by atoms with E-state index in [2.05, 4.69) is 15.5 Å². The van der Waals surface area contributed by atoms with Gasteiger partial charge < -0.3 is 10.1 Å². The smallest absolute Gasteiger partial charge is 0.435 e. The van der Waals surface area contributed by atoms with Crippen molar-refractivity contribution in [2.24, 2.45) is 14.1 Å². The van der Waals surface area contributed by atoms with E-state index in [-0.39, 0.29) is 6.54 Å². The SMILES string of the molecule is COc1nn(C)cc1NCc1cc(C(F)(F)F)nn1C. The number of methoxy groups -OCH3 is 1. The lowest BCUT2D eigenvalue weighted by Gasteiger charge is -2.05. The second-order valence-electron chi connectivity index (χ2n) is 4.22. The summed E-state index contributed by atoms with van der Waals surface area (Å²) < 4.78 is 45.4. The molecule has 0 saturated heterocycles. The van der Waals surface area contributed by atoms with Crippen LogP contribution in [0.5, 0.6) is 5.88 Å². The quantitative estimate of drug-likeness (QED) is 0.932. The first-order chi connectivity index (χ1) is 9.31. The van der Waals surface area contributed by atoms with Crippen molar-refractivity contribution in [3.63, 3.8) is 0 Å². The van der Waals surface area contributed by atoms with Gasteiger partial charge in [-0.05, 0) is 6.07 Å². The van der Waals surface area contributed by atoms with Crippen LogP contribution < -0.4 is 10.1 Å². The van der Waals surface area contributed by atoms with E-state index in [4.69, 9.17) is 4.74 Å². The molecule has 0 aliphatic heterocycles. The lowest BCUT2D eigenvalue weighted by atomic mass is 10.3. The number of aryl methyl sites for hydroxylation is 2. The van der Waals surface area contributed by atoms with Gasteiger partial charge in [0.25, 0.3) is 5.88 Å². The number of ether oxygens (including phenoxy) is 1. The molecule has 0 spiro atoms. The van der Waals surface area contributed by atoms with Crippen LogP contribution in [-0.4, -0.2) is 26.7 Å². The first-order valence-corrected chi connectivity index (χ1v) is 5.73. The Hall–Kier alpha value is -2.19. The number of hydrogen-bond donors (Lipinski definition) is 1. The Morgan fingerprint density at radius 3 is 2.55 bits per heavy atom. The van der Waals surface area contributed by atoms with Crippen molar-refractivity contribution in [2.75, 3.05) is 12.4 Å². The largest absolute Gasteiger partial charge is 0.478 e. The fraction of sp³-hybridized carbons (Fsp3) is 0.455. The number of hydrogen-bond acceptors (Lipinski definition) is 4. The maximum atomic E-state index is 12.5. The normalized spacial score (nSPS) is 11.7. The molecule has 0 aliphatic rings. The summed E-state index contributed by atoms with van der Waals surface area (Å²) in [7, 11) is 4.66. The Balaban J connectivity index is 2.13. The van der Waals surface area contributed by atoms with Gasteiger partial charge in [0.1, 0.15) is 5.69 Å². The average Bonchev–Trinajstić information content (AvgIpc) is 2.89. The van der Waals surface area contributed by atoms with Crippen LogP contribution in [0.2, 0.25) is 0 Å². The molecule has 0 aromatic carbocycles. The van der Waals surface area contributed by atoms with E-state index in [9.17, 15) is 13.2 Å². The molecule has 0 bridgehead atoms. The summed E-state index contributed by atoms with van der Waals surface area (Å²) >= 11 is 0. The molecule has 2 aromatic heterocycles. The highest BCUT2D eigenvalue weighted by Gasteiger charge is 2.34. The molecule has 0 amide bonds. The molecule has 0 aliphatic carbocycles. The first kappa shape index (κ1) is 14.2. The molecule has 1 N–H and O–H groups in total. The molecule has 2 rings (SSSR count). The Kier molecular flexibility index (Phi) is 3.60. The van der Waals surface area contributed by atoms with Crippen molar-refractivity contribution in [2.45, 2.75) is 12.7 Å². The summed E-state index contributed by atoms with van der Waals surface area (Å²) in [5, 5.41) is 10.4. The topological polar surface area (TPSA) is 56.9 Å². The van der Waals surface area contributed by atoms with Crippen LogP contribution in [0.1, 0.15) is 11.4 Å². The fourth-order valence-corrected chi connectivity index (χ4v) is 1.74. The highest BCUT2D eigenvalue weighted by atomic mass is 19.4. The maximum absolute atomic E-state index is 12.5. The molecule has 2 aromatic rings. The number of alkyl halides is 3. The molecule has 9 heteroatoms. The van der Waals surface area contributed by atoms with E-state index in [0.717, 1.165) is 6.07 Å². The summed E-state index contributed by atoms with van der Waals surface area (Å²) in [6.45, 7) is 0.182. The van der Waals surface area contributed by atoms with Crippen LogP contribution in [0.15, 0.2) is 12.3 Å². The maximum Gasteiger partial charge on any atom is 0.435 e. The molecule has 0 radical (unpaired) electrons. The molecule has 6 nitrogen and oxygen atoms in total. The summed E-state index contributed by atoms with van der Waals surface area (Å²) in [4.78, 5) is 0. The summed E-state index contributed by atoms with van der Waals surface area (Å²) in [6, 6.07) is 1.01. The number of aromatic nitrogens is 4. The molecule has 20 heavy (non-hydrogen) atoms. The summed E-state index contributed by atoms with van der Waals surface area (Å²) in [5.74, 6) is 0.380. The lowest BCUT2D eigenvalue weighted by Crippen LogP contribution is -2.07. The van der Waals surface area contributed by atoms with Crippen LogP contribution >= 0.6 is 0 Å². The third-order valence-electron chi connectivity index (χ3n) is 2.72. The predicted octanol–water partition coefficient (Wildman–Crippen LogP) is 1.79. The van der Waals surface area contributed by atoms with E-state index >= 15 is 0 Å². The minimum absolute atomic E-state index is 0.182. The zero-order valence-corrected chi connectivity index (χ0v) is 11.2. The van der Waals surface area contributed by atoms with Gasteiger partial charge >= 0.3 is 6.18 Å². The number of rotatable bonds is 4. The van der Waals surface area contributed by atoms with Gasteiger partial charge in [-0.2, -0.15) is 18.3 Å². The number of nitrogens with one attached hydrogen (secondary N) is 1. The zero-order valence-electron chi connectivity index (χ0n) is 11.2. The molecule has 0 fully saturated rings. The van der Waals surface area contributed by atoms with Crippen molar-refractivity contribution in [1.82, 2.24) is 19.6 Å². The molecule has 110 valence electrons. The van der Waals surface area contributed by atoms with Gasteiger partial charge in [-0.1, -0.05) is 0 Å². The zero-order chi connectivity index (χ0) is 14.9. The van der Waals surface area contributed by atoms with Crippen LogP contribution in [0, 0.1) is 0 Å². The van der Waals surface area contributed by atoms with E-state index < -0.39 is 11.9 Å². The van der Waals surface area contributed by atoms with Gasteiger partial charge in [-0.3, -0.25) is 9.36 Å². The van der Waals surface area contributed by atoms with Crippen molar-refractivity contribution < 1.29 is 17.9 Å². The second-order valence-corrected chi connectivity index (χ2v) is 4.22. The Morgan fingerprint density at radius 1 is 1.30 bits per heavy atom. The Morgan fingerprint density at radius 2 is 2.00 bits per heavy atom. The van der Waals surface area contributed by atoms with Gasteiger partial charge in [0.2, 0.25) is 0 Å². The monoisotopic (exact) mass is 289 g/mol. The van der Waals surface area contributed by atoms with Crippen molar-refractivity contribution in [3.05, 3.63) is 23.7 Å². The van der Waals surface area contributed by atoms with Gasteiger partial charge in [-0.15, -0.1) is 5.10 Å². The molecule has 0 atom stereocenters. The second kappa shape index (κ2) is 5.06. The summed E-state index contributed by atoms with van der Waals surface area (Å²) in [5.41, 5.74) is 0.0999. The van der Waals surface area contributed by atoms with E-state index in [1.54, 1.807) is 17.9 Å². The first-order valence-electron chi connectivity index (χ1n) is 5.73. The van der Waals surface area contributed by atoms with Gasteiger partial charge in [0, 0.05) is 14.1 Å². The number of anilines is 1. The average molecular weight is 289 g/mol. The molecular formula is C11H14F3N5O. The fourth-order valence-electron chi connectivity index (χ4n) is 1.74. The van der Waals surface area contributed by atoms with E-state index in [1.165, 1.54) is 18.8 Å². The Bertz CT molecular complexity index is 602. The van der Waals surface area contributed by atoms with Crippen molar-refractivity contribution in [1.29, 1.82) is 0 Å². The van der Waals surface area contributed by atoms with Crippen LogP contribution in [0.4, 0.5) is 18.9 Å². The minimum Gasteiger partial charge on any atom is -0.478 e. The Labute approximate surface area is 113 Å². The number of nitrogens with zero attached hydrogens (tertiary/aromatic N) is 4. The molecule has 2 heterocycles. The molecule has 0 unspecified atom stereocenters. The van der Waals surface area contributed by atoms with Crippen LogP contribution in [-0.2, 0) is 26.8 Å². The van der Waals surface area contributed by atoms with Gasteiger partial charge in [-0.25, -0.2) is 0 Å². The third kappa shape index (κ3) is 2.86. The lowest BCUT2D eigenvalue weighted by molar-refractivity contribution is -0.141. The van der Waals surface area contributed by atoms with Crippen molar-refractivity contribution in [3.8, 4) is 5.88 Å². The molecule has 0 saturated carbocycles. The van der Waals surface area contributed by atoms with Crippen molar-refractivity contribution >= 4 is 5.69 Å². The number of halogens is 3. The van der Waals surface area contributed by atoms with E-state index in [0.29, 0.717) is 17.3 Å². The predicted molar refractivity (Wildman–Crippen MR) is 65.3 cm³/mol. The summed E-state index contributed by atoms with van der Waals surface area (Å²) in [6.07, 6.45) is -2.76. The third-order valence-corrected chi connectivity index (χ3v) is 2.72. The van der Waals surface area contributed by atoms with Crippen LogP contribution in [0.25, 0.3) is 0 Å². The highest BCUT2D eigenvalue weighted by molar-refractivity contribution is 5.51.